The molecule has 0 aliphatic heterocycles. The summed E-state index contributed by atoms with van der Waals surface area (Å²) in [4.78, 5) is 10.3. The third-order valence-corrected chi connectivity index (χ3v) is 6.87. The molecular formula is C19H24O6S2. The van der Waals surface area contributed by atoms with Gasteiger partial charge in [-0.3, -0.25) is 4.79 Å². The van der Waals surface area contributed by atoms with Gasteiger partial charge in [0, 0.05) is 18.9 Å². The molecule has 1 N–H and O–H groups in total. The van der Waals surface area contributed by atoms with E-state index in [4.69, 9.17) is 5.11 Å². The number of carbonyl (C=O) groups is 1. The Hall–Kier alpha value is -1.93. The third-order valence-electron chi connectivity index (χ3n) is 4.41. The number of rotatable bonds is 9. The second-order valence-corrected chi connectivity index (χ2v) is 10.7. The van der Waals surface area contributed by atoms with Crippen molar-refractivity contribution in [3.05, 3.63) is 35.9 Å². The Morgan fingerprint density at radius 3 is 2.15 bits per heavy atom. The molecule has 0 aromatic heterocycles. The molecule has 0 atom stereocenters. The predicted octanol–water partition coefficient (Wildman–Crippen LogP) is 3.22. The van der Waals surface area contributed by atoms with Gasteiger partial charge in [-0.25, -0.2) is 16.8 Å². The van der Waals surface area contributed by atoms with Gasteiger partial charge in [0.25, 0.3) is 0 Å². The zero-order chi connectivity index (χ0) is 20.2. The Labute approximate surface area is 160 Å². The molecule has 2 aromatic carbocycles. The first-order valence-electron chi connectivity index (χ1n) is 8.68. The molecule has 0 saturated heterocycles. The van der Waals surface area contributed by atoms with Crippen LogP contribution in [-0.2, 0) is 30.9 Å². The summed E-state index contributed by atoms with van der Waals surface area (Å²) >= 11 is 0. The van der Waals surface area contributed by atoms with Crippen LogP contribution in [0.2, 0.25) is 0 Å². The second kappa shape index (κ2) is 8.39. The van der Waals surface area contributed by atoms with E-state index in [-0.39, 0.29) is 16.2 Å². The van der Waals surface area contributed by atoms with Gasteiger partial charge in [0.05, 0.1) is 9.79 Å². The van der Waals surface area contributed by atoms with Crippen LogP contribution in [0.15, 0.2) is 40.1 Å². The highest BCUT2D eigenvalue weighted by Crippen LogP contribution is 2.33. The maximum Gasteiger partial charge on any atom is 0.303 e. The Morgan fingerprint density at radius 1 is 0.926 bits per heavy atom. The van der Waals surface area contributed by atoms with Crippen LogP contribution in [0.3, 0.4) is 0 Å². The van der Waals surface area contributed by atoms with Crippen molar-refractivity contribution in [1.29, 1.82) is 0 Å². The van der Waals surface area contributed by atoms with E-state index in [1.165, 1.54) is 6.07 Å². The molecule has 0 radical (unpaired) electrons. The number of sulfone groups is 2. The summed E-state index contributed by atoms with van der Waals surface area (Å²) in [5.41, 5.74) is 0.522. The lowest BCUT2D eigenvalue weighted by Gasteiger charge is -2.16. The summed E-state index contributed by atoms with van der Waals surface area (Å²) in [7, 11) is -7.48. The Balaban J connectivity index is 2.47. The average Bonchev–Trinajstić information content (AvgIpc) is 2.55. The van der Waals surface area contributed by atoms with Crippen LogP contribution in [0, 0.1) is 0 Å². The first-order valence-corrected chi connectivity index (χ1v) is 12.5. The number of aryl methyl sites for hydroxylation is 1. The van der Waals surface area contributed by atoms with Gasteiger partial charge in [0.1, 0.15) is 0 Å². The van der Waals surface area contributed by atoms with Crippen LogP contribution in [0.25, 0.3) is 10.8 Å². The number of carboxylic acids is 1. The lowest BCUT2D eigenvalue weighted by Crippen LogP contribution is -2.11. The van der Waals surface area contributed by atoms with Crippen molar-refractivity contribution in [2.75, 3.05) is 12.5 Å². The standard InChI is InChI=1S/C19H24O6S2/c1-26(22,23)17-13-14-9-7-8-10-15(14)16(19(17)27(2,24)25)11-5-3-4-6-12-18(20)21/h7-10,13H,3-6,11-12H2,1-2H3,(H,20,21). The summed E-state index contributed by atoms with van der Waals surface area (Å²) in [6, 6.07) is 8.58. The number of unbranched alkanes of at least 4 members (excludes halogenated alkanes) is 3. The number of carboxylic acid groups (broad SMARTS) is 1. The van der Waals surface area contributed by atoms with E-state index in [9.17, 15) is 21.6 Å². The summed E-state index contributed by atoms with van der Waals surface area (Å²) in [6.07, 6.45) is 5.26. The first-order chi connectivity index (χ1) is 12.5. The fourth-order valence-corrected chi connectivity index (χ4v) is 6.03. The highest BCUT2D eigenvalue weighted by molar-refractivity contribution is 7.93. The molecule has 0 amide bonds. The Kier molecular flexibility index (Phi) is 6.64. The monoisotopic (exact) mass is 412 g/mol. The van der Waals surface area contributed by atoms with E-state index in [1.54, 1.807) is 24.3 Å². The fraction of sp³-hybridized carbons (Fsp3) is 0.421. The lowest BCUT2D eigenvalue weighted by molar-refractivity contribution is -0.137. The van der Waals surface area contributed by atoms with Crippen molar-refractivity contribution in [3.63, 3.8) is 0 Å². The molecule has 0 saturated carbocycles. The molecule has 0 heterocycles. The normalized spacial score (nSPS) is 12.4. The average molecular weight is 413 g/mol. The molecule has 0 aliphatic carbocycles. The maximum atomic E-state index is 12.4. The topological polar surface area (TPSA) is 106 Å². The molecule has 8 heteroatoms. The van der Waals surface area contributed by atoms with Gasteiger partial charge in [-0.05, 0) is 41.7 Å². The number of benzene rings is 2. The van der Waals surface area contributed by atoms with Crippen molar-refractivity contribution >= 4 is 36.4 Å². The molecule has 0 unspecified atom stereocenters. The van der Waals surface area contributed by atoms with Gasteiger partial charge < -0.3 is 5.11 Å². The molecule has 6 nitrogen and oxygen atoms in total. The number of fused-ring (bicyclic) bond motifs is 1. The van der Waals surface area contributed by atoms with Gasteiger partial charge in [0.15, 0.2) is 19.7 Å². The Morgan fingerprint density at radius 2 is 1.56 bits per heavy atom. The number of aliphatic carboxylic acids is 1. The quantitative estimate of drug-likeness (QED) is 0.634. The van der Waals surface area contributed by atoms with E-state index in [0.717, 1.165) is 30.7 Å². The first kappa shape index (κ1) is 21.4. The largest absolute Gasteiger partial charge is 0.481 e. The molecule has 0 spiro atoms. The van der Waals surface area contributed by atoms with Gasteiger partial charge in [-0.1, -0.05) is 37.1 Å². The van der Waals surface area contributed by atoms with Gasteiger partial charge in [-0.2, -0.15) is 0 Å². The minimum atomic E-state index is -3.75. The summed E-state index contributed by atoms with van der Waals surface area (Å²) in [6.45, 7) is 0. The second-order valence-electron chi connectivity index (χ2n) is 6.76. The van der Waals surface area contributed by atoms with Crippen LogP contribution in [0.1, 0.15) is 37.7 Å². The zero-order valence-corrected chi connectivity index (χ0v) is 17.1. The van der Waals surface area contributed by atoms with Crippen molar-refractivity contribution < 1.29 is 26.7 Å². The molecule has 2 aromatic rings. The summed E-state index contributed by atoms with van der Waals surface area (Å²) < 4.78 is 49.4. The van der Waals surface area contributed by atoms with Crippen LogP contribution < -0.4 is 0 Å². The van der Waals surface area contributed by atoms with Gasteiger partial charge >= 0.3 is 5.97 Å². The van der Waals surface area contributed by atoms with Crippen LogP contribution in [-0.4, -0.2) is 40.4 Å². The van der Waals surface area contributed by atoms with E-state index < -0.39 is 25.6 Å². The van der Waals surface area contributed by atoms with E-state index in [1.807, 2.05) is 0 Å². The highest BCUT2D eigenvalue weighted by atomic mass is 32.2. The van der Waals surface area contributed by atoms with Crippen LogP contribution in [0.4, 0.5) is 0 Å². The van der Waals surface area contributed by atoms with Crippen molar-refractivity contribution in [1.82, 2.24) is 0 Å². The number of hydrogen-bond donors (Lipinski definition) is 1. The molecule has 27 heavy (non-hydrogen) atoms. The molecule has 2 rings (SSSR count). The van der Waals surface area contributed by atoms with Crippen molar-refractivity contribution in [3.8, 4) is 0 Å². The zero-order valence-electron chi connectivity index (χ0n) is 15.4. The van der Waals surface area contributed by atoms with Crippen LogP contribution in [0.5, 0.6) is 0 Å². The van der Waals surface area contributed by atoms with Gasteiger partial charge in [0.2, 0.25) is 0 Å². The van der Waals surface area contributed by atoms with Crippen molar-refractivity contribution in [2.45, 2.75) is 48.3 Å². The van der Waals surface area contributed by atoms with E-state index >= 15 is 0 Å². The maximum absolute atomic E-state index is 12.4. The lowest BCUT2D eigenvalue weighted by atomic mass is 9.99. The minimum Gasteiger partial charge on any atom is -0.481 e. The van der Waals surface area contributed by atoms with Gasteiger partial charge in [-0.15, -0.1) is 0 Å². The molecular weight excluding hydrogens is 388 g/mol. The summed E-state index contributed by atoms with van der Waals surface area (Å²) in [5.74, 6) is -0.832. The third kappa shape index (κ3) is 5.52. The van der Waals surface area contributed by atoms with Crippen LogP contribution >= 0.6 is 0 Å². The minimum absolute atomic E-state index is 0.112. The SMILES string of the molecule is CS(=O)(=O)c1cc2ccccc2c(CCCCCCC(=O)O)c1S(C)(=O)=O. The molecule has 148 valence electrons. The highest BCUT2D eigenvalue weighted by Gasteiger charge is 2.26. The summed E-state index contributed by atoms with van der Waals surface area (Å²) in [5, 5.41) is 10.1. The number of hydrogen-bond acceptors (Lipinski definition) is 5. The molecule has 0 bridgehead atoms. The Bertz CT molecular complexity index is 1050. The molecule has 0 aliphatic rings. The smallest absolute Gasteiger partial charge is 0.303 e. The van der Waals surface area contributed by atoms with E-state index in [2.05, 4.69) is 0 Å². The van der Waals surface area contributed by atoms with E-state index in [0.29, 0.717) is 30.2 Å². The molecule has 0 fully saturated rings. The predicted molar refractivity (Wildman–Crippen MR) is 105 cm³/mol. The van der Waals surface area contributed by atoms with Crippen molar-refractivity contribution in [2.24, 2.45) is 0 Å². The fourth-order valence-electron chi connectivity index (χ4n) is 3.24.